The number of rotatable bonds is 12. The van der Waals surface area contributed by atoms with Crippen molar-refractivity contribution in [3.63, 3.8) is 0 Å². The SMILES string of the molecule is CCCCCCc1cc(CCCCCC)cc([Si](C)(C)C2C=CC=C2C(C)(C)C)c1. The van der Waals surface area contributed by atoms with E-state index in [4.69, 9.17) is 0 Å². The molecule has 0 saturated carbocycles. The molecule has 30 heavy (non-hydrogen) atoms. The van der Waals surface area contributed by atoms with Gasteiger partial charge in [0.2, 0.25) is 0 Å². The highest BCUT2D eigenvalue weighted by Gasteiger charge is 2.39. The van der Waals surface area contributed by atoms with Crippen molar-refractivity contribution in [2.45, 2.75) is 117 Å². The van der Waals surface area contributed by atoms with Gasteiger partial charge in [-0.2, -0.15) is 0 Å². The Morgan fingerprint density at radius 2 is 1.30 bits per heavy atom. The van der Waals surface area contributed by atoms with E-state index in [1.165, 1.54) is 64.2 Å². The van der Waals surface area contributed by atoms with Crippen LogP contribution in [0.3, 0.4) is 0 Å². The molecule has 0 radical (unpaired) electrons. The van der Waals surface area contributed by atoms with Gasteiger partial charge in [0.25, 0.3) is 0 Å². The highest BCUT2D eigenvalue weighted by Crippen LogP contribution is 2.44. The van der Waals surface area contributed by atoms with Gasteiger partial charge in [-0.05, 0) is 47.8 Å². The fraction of sp³-hybridized carbons (Fsp3) is 0.655. The second-order valence-electron chi connectivity index (χ2n) is 11.1. The lowest BCUT2D eigenvalue weighted by Crippen LogP contribution is -2.47. The summed E-state index contributed by atoms with van der Waals surface area (Å²) in [6.07, 6.45) is 20.5. The van der Waals surface area contributed by atoms with Crippen LogP contribution >= 0.6 is 0 Å². The molecule has 0 bridgehead atoms. The van der Waals surface area contributed by atoms with Crippen molar-refractivity contribution in [3.05, 3.63) is 53.1 Å². The van der Waals surface area contributed by atoms with Gasteiger partial charge in [0, 0.05) is 0 Å². The van der Waals surface area contributed by atoms with Gasteiger partial charge in [-0.1, -0.05) is 133 Å². The maximum Gasteiger partial charge on any atom is 0.0915 e. The molecule has 1 aromatic carbocycles. The molecule has 1 aliphatic rings. The normalized spacial score (nSPS) is 16.9. The van der Waals surface area contributed by atoms with Crippen molar-refractivity contribution < 1.29 is 0 Å². The first kappa shape index (κ1) is 25.2. The zero-order chi connectivity index (χ0) is 22.2. The van der Waals surface area contributed by atoms with Crippen LogP contribution in [0.25, 0.3) is 0 Å². The lowest BCUT2D eigenvalue weighted by Gasteiger charge is -2.37. The largest absolute Gasteiger partial charge is 0.0915 e. The van der Waals surface area contributed by atoms with E-state index < -0.39 is 8.07 Å². The third-order valence-corrected chi connectivity index (χ3v) is 10.8. The highest BCUT2D eigenvalue weighted by atomic mass is 28.3. The fourth-order valence-corrected chi connectivity index (χ4v) is 8.31. The van der Waals surface area contributed by atoms with Gasteiger partial charge in [0.1, 0.15) is 0 Å². The van der Waals surface area contributed by atoms with Crippen molar-refractivity contribution >= 4 is 13.3 Å². The molecule has 0 fully saturated rings. The minimum atomic E-state index is -1.65. The summed E-state index contributed by atoms with van der Waals surface area (Å²) in [5.74, 6) is 0. The van der Waals surface area contributed by atoms with E-state index in [2.05, 4.69) is 84.1 Å². The Balaban J connectivity index is 2.28. The molecule has 0 spiro atoms. The molecular formula is C29H48Si. The van der Waals surface area contributed by atoms with Gasteiger partial charge in [0.05, 0.1) is 8.07 Å². The number of allylic oxidation sites excluding steroid dienone is 4. The molecule has 0 aromatic heterocycles. The molecule has 0 N–H and O–H groups in total. The van der Waals surface area contributed by atoms with Gasteiger partial charge < -0.3 is 0 Å². The standard InChI is InChI=1S/C29H48Si/c1-8-10-12-14-17-24-21-25(18-15-13-11-9-2)23-26(22-24)30(6,7)28-20-16-19-27(28)29(3,4)5/h16,19-23,28H,8-15,17-18H2,1-7H3. The van der Waals surface area contributed by atoms with E-state index >= 15 is 0 Å². The van der Waals surface area contributed by atoms with E-state index in [1.54, 1.807) is 21.9 Å². The summed E-state index contributed by atoms with van der Waals surface area (Å²) in [5.41, 5.74) is 5.70. The second kappa shape index (κ2) is 11.5. The predicted molar refractivity (Wildman–Crippen MR) is 140 cm³/mol. The van der Waals surface area contributed by atoms with Crippen molar-refractivity contribution in [2.75, 3.05) is 0 Å². The smallest absolute Gasteiger partial charge is 0.0797 e. The number of hydrogen-bond acceptors (Lipinski definition) is 0. The Morgan fingerprint density at radius 1 is 0.767 bits per heavy atom. The zero-order valence-corrected chi connectivity index (χ0v) is 22.1. The minimum Gasteiger partial charge on any atom is -0.0797 e. The van der Waals surface area contributed by atoms with Crippen molar-refractivity contribution in [2.24, 2.45) is 5.41 Å². The Morgan fingerprint density at radius 3 is 1.77 bits per heavy atom. The van der Waals surface area contributed by atoms with Crippen LogP contribution in [0.1, 0.15) is 97.1 Å². The maximum absolute atomic E-state index is 2.60. The number of aryl methyl sites for hydroxylation is 2. The second-order valence-corrected chi connectivity index (χ2v) is 15.8. The summed E-state index contributed by atoms with van der Waals surface area (Å²) >= 11 is 0. The third-order valence-electron chi connectivity index (χ3n) is 6.99. The van der Waals surface area contributed by atoms with Crippen LogP contribution in [0.4, 0.5) is 0 Å². The maximum atomic E-state index is 2.60. The molecule has 0 nitrogen and oxygen atoms in total. The molecule has 1 aliphatic carbocycles. The van der Waals surface area contributed by atoms with Crippen LogP contribution in [0, 0.1) is 5.41 Å². The highest BCUT2D eigenvalue weighted by molar-refractivity contribution is 6.92. The first-order valence-electron chi connectivity index (χ1n) is 12.7. The topological polar surface area (TPSA) is 0 Å². The molecule has 0 heterocycles. The summed E-state index contributed by atoms with van der Waals surface area (Å²) < 4.78 is 0. The van der Waals surface area contributed by atoms with Gasteiger partial charge in [-0.15, -0.1) is 0 Å². The van der Waals surface area contributed by atoms with Gasteiger partial charge >= 0.3 is 0 Å². The third kappa shape index (κ3) is 6.97. The lowest BCUT2D eigenvalue weighted by atomic mass is 9.85. The van der Waals surface area contributed by atoms with Crippen molar-refractivity contribution in [1.29, 1.82) is 0 Å². The lowest BCUT2D eigenvalue weighted by molar-refractivity contribution is 0.494. The molecule has 1 heteroatoms. The Labute approximate surface area is 189 Å². The van der Waals surface area contributed by atoms with E-state index in [0.717, 1.165) is 0 Å². The molecule has 0 aliphatic heterocycles. The Kier molecular flexibility index (Phi) is 9.66. The van der Waals surface area contributed by atoms with E-state index in [-0.39, 0.29) is 5.41 Å². The molecular weight excluding hydrogens is 376 g/mol. The summed E-state index contributed by atoms with van der Waals surface area (Å²) in [6, 6.07) is 7.73. The quantitative estimate of drug-likeness (QED) is 0.232. The van der Waals surface area contributed by atoms with E-state index in [0.29, 0.717) is 5.54 Å². The Hall–Kier alpha value is -1.08. The van der Waals surface area contributed by atoms with E-state index in [1.807, 2.05) is 0 Å². The minimum absolute atomic E-state index is 0.249. The van der Waals surface area contributed by atoms with E-state index in [9.17, 15) is 0 Å². The summed E-state index contributed by atoms with van der Waals surface area (Å²) in [6.45, 7) is 17.0. The first-order chi connectivity index (χ1) is 14.2. The van der Waals surface area contributed by atoms with Gasteiger partial charge in [-0.25, -0.2) is 0 Å². The first-order valence-corrected chi connectivity index (χ1v) is 15.8. The Bertz CT molecular complexity index is 684. The van der Waals surface area contributed by atoms with Gasteiger partial charge in [0.15, 0.2) is 0 Å². The van der Waals surface area contributed by atoms with Crippen LogP contribution in [0.5, 0.6) is 0 Å². The predicted octanol–water partition coefficient (Wildman–Crippen LogP) is 8.76. The molecule has 0 amide bonds. The number of unbranched alkanes of at least 4 members (excludes halogenated alkanes) is 6. The van der Waals surface area contributed by atoms with Crippen LogP contribution in [-0.4, -0.2) is 8.07 Å². The zero-order valence-electron chi connectivity index (χ0n) is 21.1. The van der Waals surface area contributed by atoms with Gasteiger partial charge in [-0.3, -0.25) is 0 Å². The summed E-state index contributed by atoms with van der Waals surface area (Å²) in [7, 11) is -1.65. The molecule has 168 valence electrons. The molecule has 0 saturated heterocycles. The average Bonchev–Trinajstić information content (AvgIpc) is 3.20. The summed E-state index contributed by atoms with van der Waals surface area (Å²) in [5, 5.41) is 1.67. The summed E-state index contributed by atoms with van der Waals surface area (Å²) in [4.78, 5) is 0. The molecule has 1 aromatic rings. The van der Waals surface area contributed by atoms with Crippen molar-refractivity contribution in [1.82, 2.24) is 0 Å². The van der Waals surface area contributed by atoms with Crippen LogP contribution < -0.4 is 5.19 Å². The monoisotopic (exact) mass is 424 g/mol. The number of hydrogen-bond donors (Lipinski definition) is 0. The molecule has 1 unspecified atom stereocenters. The van der Waals surface area contributed by atoms with Crippen LogP contribution in [-0.2, 0) is 12.8 Å². The number of benzene rings is 1. The van der Waals surface area contributed by atoms with Crippen LogP contribution in [0.15, 0.2) is 42.0 Å². The fourth-order valence-electron chi connectivity index (χ4n) is 4.94. The van der Waals surface area contributed by atoms with Crippen LogP contribution in [0.2, 0.25) is 18.6 Å². The average molecular weight is 425 g/mol. The molecule has 1 atom stereocenters. The molecule has 2 rings (SSSR count). The van der Waals surface area contributed by atoms with Crippen molar-refractivity contribution in [3.8, 4) is 0 Å².